The van der Waals surface area contributed by atoms with Crippen LogP contribution in [-0.4, -0.2) is 33.4 Å². The second-order valence-electron chi connectivity index (χ2n) is 5.93. The largest absolute Gasteiger partial charge is 0.381 e. The van der Waals surface area contributed by atoms with Crippen molar-refractivity contribution in [3.05, 3.63) is 29.6 Å². The molecule has 1 saturated heterocycles. The molecular weight excluding hydrogens is 267 g/mol. The van der Waals surface area contributed by atoms with Gasteiger partial charge in [-0.15, -0.1) is 0 Å². The minimum atomic E-state index is -0.153. The Bertz CT molecular complexity index is 433. The highest BCUT2D eigenvalue weighted by Crippen LogP contribution is 2.22. The van der Waals surface area contributed by atoms with Crippen LogP contribution in [0, 0.1) is 11.7 Å². The first kappa shape index (κ1) is 16.2. The summed E-state index contributed by atoms with van der Waals surface area (Å²) in [5.74, 6) is 0.494. The van der Waals surface area contributed by atoms with Gasteiger partial charge in [0.15, 0.2) is 0 Å². The number of anilines is 1. The summed E-state index contributed by atoms with van der Waals surface area (Å²) in [4.78, 5) is 2.17. The smallest absolute Gasteiger partial charge is 0.125 e. The first-order chi connectivity index (χ1) is 10.2. The van der Waals surface area contributed by atoms with Crippen molar-refractivity contribution in [1.29, 1.82) is 0 Å². The molecule has 4 heteroatoms. The summed E-state index contributed by atoms with van der Waals surface area (Å²) < 4.78 is 19.2. The van der Waals surface area contributed by atoms with Gasteiger partial charge >= 0.3 is 0 Å². The highest BCUT2D eigenvalue weighted by molar-refractivity contribution is 5.48. The maximum Gasteiger partial charge on any atom is 0.125 e. The third-order valence-electron chi connectivity index (χ3n) is 4.01. The van der Waals surface area contributed by atoms with Crippen molar-refractivity contribution in [2.75, 3.05) is 38.3 Å². The molecule has 0 unspecified atom stereocenters. The number of nitrogens with one attached hydrogen (secondary N) is 1. The summed E-state index contributed by atoms with van der Waals surface area (Å²) >= 11 is 0. The van der Waals surface area contributed by atoms with Crippen molar-refractivity contribution < 1.29 is 9.13 Å². The van der Waals surface area contributed by atoms with Gasteiger partial charge in [0.2, 0.25) is 0 Å². The standard InChI is InChI=1S/C17H27FN2O/c1-3-6-19-12-15-9-16(18)11-17(10-15)20(2)13-14-4-7-21-8-5-14/h9-11,14,19H,3-8,12-13H2,1-2H3. The molecule has 1 fully saturated rings. The molecule has 0 spiro atoms. The molecule has 0 atom stereocenters. The highest BCUT2D eigenvalue weighted by Gasteiger charge is 2.16. The molecule has 0 saturated carbocycles. The first-order valence-corrected chi connectivity index (χ1v) is 7.98. The van der Waals surface area contributed by atoms with Crippen LogP contribution in [0.1, 0.15) is 31.7 Å². The van der Waals surface area contributed by atoms with E-state index in [1.54, 1.807) is 12.1 Å². The zero-order chi connectivity index (χ0) is 15.1. The second kappa shape index (κ2) is 8.35. The molecule has 1 N–H and O–H groups in total. The summed E-state index contributed by atoms with van der Waals surface area (Å²) in [6, 6.07) is 5.34. The Morgan fingerprint density at radius 2 is 2.05 bits per heavy atom. The normalized spacial score (nSPS) is 16.1. The van der Waals surface area contributed by atoms with E-state index in [2.05, 4.69) is 23.2 Å². The number of rotatable bonds is 7. The number of hydrogen-bond donors (Lipinski definition) is 1. The van der Waals surface area contributed by atoms with Crippen LogP contribution in [0.2, 0.25) is 0 Å². The molecule has 0 aromatic heterocycles. The van der Waals surface area contributed by atoms with Gasteiger partial charge in [-0.3, -0.25) is 0 Å². The Kier molecular flexibility index (Phi) is 6.46. The third kappa shape index (κ3) is 5.29. The van der Waals surface area contributed by atoms with Crippen molar-refractivity contribution in [1.82, 2.24) is 5.32 Å². The predicted octanol–water partition coefficient (Wildman–Crippen LogP) is 3.19. The van der Waals surface area contributed by atoms with Gasteiger partial charge in [-0.05, 0) is 55.5 Å². The Hall–Kier alpha value is -1.13. The molecule has 21 heavy (non-hydrogen) atoms. The van der Waals surface area contributed by atoms with E-state index in [0.717, 1.165) is 63.4 Å². The van der Waals surface area contributed by atoms with Crippen LogP contribution in [0.5, 0.6) is 0 Å². The van der Waals surface area contributed by atoms with Crippen LogP contribution < -0.4 is 10.2 Å². The molecule has 1 aromatic carbocycles. The molecule has 2 rings (SSSR count). The minimum absolute atomic E-state index is 0.153. The van der Waals surface area contributed by atoms with Gasteiger partial charge in [0.1, 0.15) is 5.82 Å². The van der Waals surface area contributed by atoms with Crippen LogP contribution >= 0.6 is 0 Å². The third-order valence-corrected chi connectivity index (χ3v) is 4.01. The van der Waals surface area contributed by atoms with Gasteiger partial charge < -0.3 is 15.0 Å². The number of ether oxygens (including phenoxy) is 1. The van der Waals surface area contributed by atoms with Crippen molar-refractivity contribution >= 4 is 5.69 Å². The average molecular weight is 294 g/mol. The van der Waals surface area contributed by atoms with Crippen molar-refractivity contribution in [3.8, 4) is 0 Å². The lowest BCUT2D eigenvalue weighted by atomic mass is 9.99. The monoisotopic (exact) mass is 294 g/mol. The van der Waals surface area contributed by atoms with Crippen molar-refractivity contribution in [2.45, 2.75) is 32.7 Å². The predicted molar refractivity (Wildman–Crippen MR) is 85.2 cm³/mol. The zero-order valence-corrected chi connectivity index (χ0v) is 13.2. The number of nitrogens with zero attached hydrogens (tertiary/aromatic N) is 1. The molecular formula is C17H27FN2O. The summed E-state index contributed by atoms with van der Waals surface area (Å²) in [6.45, 7) is 6.50. The van der Waals surface area contributed by atoms with E-state index >= 15 is 0 Å². The van der Waals surface area contributed by atoms with Crippen LogP contribution in [0.4, 0.5) is 10.1 Å². The molecule has 1 aliphatic heterocycles. The number of benzene rings is 1. The molecule has 0 amide bonds. The lowest BCUT2D eigenvalue weighted by Gasteiger charge is -2.28. The van der Waals surface area contributed by atoms with Gasteiger partial charge in [-0.1, -0.05) is 6.92 Å². The number of halogens is 1. The van der Waals surface area contributed by atoms with E-state index in [1.165, 1.54) is 0 Å². The fourth-order valence-corrected chi connectivity index (χ4v) is 2.79. The van der Waals surface area contributed by atoms with E-state index in [1.807, 2.05) is 7.05 Å². The zero-order valence-electron chi connectivity index (χ0n) is 13.2. The Labute approximate surface area is 127 Å². The fourth-order valence-electron chi connectivity index (χ4n) is 2.79. The maximum absolute atomic E-state index is 13.8. The van der Waals surface area contributed by atoms with E-state index in [-0.39, 0.29) is 5.82 Å². The summed E-state index contributed by atoms with van der Waals surface area (Å²) in [6.07, 6.45) is 3.29. The minimum Gasteiger partial charge on any atom is -0.381 e. The van der Waals surface area contributed by atoms with E-state index < -0.39 is 0 Å². The van der Waals surface area contributed by atoms with Crippen LogP contribution in [-0.2, 0) is 11.3 Å². The van der Waals surface area contributed by atoms with E-state index in [4.69, 9.17) is 4.74 Å². The van der Waals surface area contributed by atoms with Gasteiger partial charge in [-0.2, -0.15) is 0 Å². The van der Waals surface area contributed by atoms with Crippen LogP contribution in [0.3, 0.4) is 0 Å². The maximum atomic E-state index is 13.8. The molecule has 1 aromatic rings. The van der Waals surface area contributed by atoms with E-state index in [0.29, 0.717) is 5.92 Å². The lowest BCUT2D eigenvalue weighted by molar-refractivity contribution is 0.0685. The molecule has 0 radical (unpaired) electrons. The SMILES string of the molecule is CCCNCc1cc(F)cc(N(C)CC2CCOCC2)c1. The van der Waals surface area contributed by atoms with Crippen LogP contribution in [0.15, 0.2) is 18.2 Å². The van der Waals surface area contributed by atoms with Gasteiger partial charge in [-0.25, -0.2) is 4.39 Å². The Balaban J connectivity index is 1.96. The summed E-state index contributed by atoms with van der Waals surface area (Å²) in [7, 11) is 2.05. The van der Waals surface area contributed by atoms with Crippen LogP contribution in [0.25, 0.3) is 0 Å². The summed E-state index contributed by atoms with van der Waals surface area (Å²) in [5, 5.41) is 3.32. The van der Waals surface area contributed by atoms with Gasteiger partial charge in [0.05, 0.1) is 0 Å². The number of hydrogen-bond acceptors (Lipinski definition) is 3. The van der Waals surface area contributed by atoms with Gasteiger partial charge in [0.25, 0.3) is 0 Å². The van der Waals surface area contributed by atoms with E-state index in [9.17, 15) is 4.39 Å². The van der Waals surface area contributed by atoms with Crippen molar-refractivity contribution in [3.63, 3.8) is 0 Å². The average Bonchev–Trinajstić information content (AvgIpc) is 2.48. The van der Waals surface area contributed by atoms with Crippen molar-refractivity contribution in [2.24, 2.45) is 5.92 Å². The molecule has 1 aliphatic rings. The molecule has 0 bridgehead atoms. The molecule has 118 valence electrons. The fraction of sp³-hybridized carbons (Fsp3) is 0.647. The topological polar surface area (TPSA) is 24.5 Å². The quantitative estimate of drug-likeness (QED) is 0.782. The molecule has 0 aliphatic carbocycles. The lowest BCUT2D eigenvalue weighted by Crippen LogP contribution is -2.29. The molecule has 1 heterocycles. The summed E-state index contributed by atoms with van der Waals surface area (Å²) in [5.41, 5.74) is 1.98. The Morgan fingerprint density at radius 1 is 1.29 bits per heavy atom. The Morgan fingerprint density at radius 3 is 2.76 bits per heavy atom. The first-order valence-electron chi connectivity index (χ1n) is 7.98. The second-order valence-corrected chi connectivity index (χ2v) is 5.93. The van der Waals surface area contributed by atoms with Gasteiger partial charge in [0, 0.05) is 39.0 Å². The molecule has 3 nitrogen and oxygen atoms in total. The highest BCUT2D eigenvalue weighted by atomic mass is 19.1.